The van der Waals surface area contributed by atoms with Gasteiger partial charge in [-0.05, 0) is 66.6 Å². The molecule has 5 rings (SSSR count). The van der Waals surface area contributed by atoms with Crippen LogP contribution >= 0.6 is 0 Å². The third-order valence-corrected chi connectivity index (χ3v) is 5.62. The highest BCUT2D eigenvalue weighted by Gasteiger charge is 2.16. The highest BCUT2D eigenvalue weighted by atomic mass is 16.6. The van der Waals surface area contributed by atoms with E-state index >= 15 is 0 Å². The highest BCUT2D eigenvalue weighted by Crippen LogP contribution is 2.31. The Labute approximate surface area is 205 Å². The number of rotatable bonds is 7. The number of aryl methyl sites for hydroxylation is 1. The minimum Gasteiger partial charge on any atom is -0.456 e. The molecule has 0 bridgehead atoms. The van der Waals surface area contributed by atoms with E-state index in [-0.39, 0.29) is 11.6 Å². The number of carbonyl (C=O) groups is 1. The number of furan rings is 1. The van der Waals surface area contributed by atoms with Gasteiger partial charge >= 0.3 is 0 Å². The Balaban J connectivity index is 1.28. The van der Waals surface area contributed by atoms with E-state index in [2.05, 4.69) is 22.4 Å². The second kappa shape index (κ2) is 9.67. The zero-order chi connectivity index (χ0) is 25.1. The van der Waals surface area contributed by atoms with Gasteiger partial charge in [0.25, 0.3) is 5.69 Å². The zero-order valence-corrected chi connectivity index (χ0v) is 19.3. The average Bonchev–Trinajstić information content (AvgIpc) is 3.54. The fourth-order valence-corrected chi connectivity index (χ4v) is 3.74. The molecule has 0 saturated heterocycles. The quantitative estimate of drug-likeness (QED) is 0.179. The number of hydrogen-bond acceptors (Lipinski definition) is 6. The summed E-state index contributed by atoms with van der Waals surface area (Å²) in [5, 5.41) is 23.1. The highest BCUT2D eigenvalue weighted by molar-refractivity contribution is 6.02. The van der Waals surface area contributed by atoms with E-state index < -0.39 is 4.92 Å². The minimum absolute atomic E-state index is 0.0505. The van der Waals surface area contributed by atoms with E-state index in [0.717, 1.165) is 12.1 Å². The molecule has 0 aliphatic rings. The number of nitrogens with zero attached hydrogens (tertiary/aromatic N) is 4. The van der Waals surface area contributed by atoms with E-state index in [0.29, 0.717) is 33.8 Å². The molecule has 5 aromatic rings. The Bertz CT molecular complexity index is 1600. The first-order chi connectivity index (χ1) is 17.5. The lowest BCUT2D eigenvalue weighted by atomic mass is 10.1. The van der Waals surface area contributed by atoms with Crippen molar-refractivity contribution in [3.63, 3.8) is 0 Å². The van der Waals surface area contributed by atoms with Crippen LogP contribution in [0.3, 0.4) is 0 Å². The van der Waals surface area contributed by atoms with Crippen molar-refractivity contribution in [1.82, 2.24) is 15.0 Å². The van der Waals surface area contributed by atoms with Crippen LogP contribution in [0.2, 0.25) is 0 Å². The molecule has 36 heavy (non-hydrogen) atoms. The molecule has 2 heterocycles. The molecule has 178 valence electrons. The number of carbonyl (C=O) groups excluding carboxylic acids is 1. The summed E-state index contributed by atoms with van der Waals surface area (Å²) in [7, 11) is 0. The summed E-state index contributed by atoms with van der Waals surface area (Å²) in [6, 6.07) is 22.9. The van der Waals surface area contributed by atoms with Crippen LogP contribution in [0.4, 0.5) is 11.4 Å². The molecular weight excluding hydrogens is 458 g/mol. The number of aromatic nitrogens is 3. The van der Waals surface area contributed by atoms with Crippen molar-refractivity contribution in [3.8, 4) is 17.0 Å². The smallest absolute Gasteiger partial charge is 0.280 e. The van der Waals surface area contributed by atoms with Crippen LogP contribution < -0.4 is 5.32 Å². The summed E-state index contributed by atoms with van der Waals surface area (Å²) in [6.07, 6.45) is 3.80. The predicted molar refractivity (Wildman–Crippen MR) is 137 cm³/mol. The van der Waals surface area contributed by atoms with Crippen molar-refractivity contribution in [3.05, 3.63) is 106 Å². The zero-order valence-electron chi connectivity index (χ0n) is 19.3. The normalized spacial score (nSPS) is 11.2. The topological polar surface area (TPSA) is 116 Å². The maximum Gasteiger partial charge on any atom is 0.280 e. The molecule has 0 aliphatic carbocycles. The minimum atomic E-state index is -0.460. The monoisotopic (exact) mass is 479 g/mol. The van der Waals surface area contributed by atoms with Crippen molar-refractivity contribution in [2.75, 3.05) is 5.32 Å². The molecule has 9 nitrogen and oxygen atoms in total. The number of anilines is 1. The van der Waals surface area contributed by atoms with Crippen molar-refractivity contribution in [2.45, 2.75) is 13.3 Å². The van der Waals surface area contributed by atoms with Crippen molar-refractivity contribution >= 4 is 34.4 Å². The second-order valence-corrected chi connectivity index (χ2v) is 8.01. The molecule has 0 saturated carbocycles. The molecule has 9 heteroatoms. The predicted octanol–water partition coefficient (Wildman–Crippen LogP) is 5.80. The Kier molecular flexibility index (Phi) is 6.10. The van der Waals surface area contributed by atoms with Crippen molar-refractivity contribution in [1.29, 1.82) is 0 Å². The lowest BCUT2D eigenvalue weighted by Gasteiger charge is -2.01. The van der Waals surface area contributed by atoms with Crippen LogP contribution in [-0.4, -0.2) is 25.8 Å². The first-order valence-corrected chi connectivity index (χ1v) is 11.3. The average molecular weight is 479 g/mol. The van der Waals surface area contributed by atoms with Gasteiger partial charge in [0.15, 0.2) is 0 Å². The van der Waals surface area contributed by atoms with Crippen molar-refractivity contribution < 1.29 is 14.1 Å². The van der Waals surface area contributed by atoms with E-state index in [1.54, 1.807) is 53.3 Å². The maximum absolute atomic E-state index is 12.5. The van der Waals surface area contributed by atoms with Crippen LogP contribution in [0.5, 0.6) is 0 Å². The van der Waals surface area contributed by atoms with E-state index in [1.165, 1.54) is 23.8 Å². The maximum atomic E-state index is 12.5. The Morgan fingerprint density at radius 1 is 1.03 bits per heavy atom. The van der Waals surface area contributed by atoms with Gasteiger partial charge in [-0.2, -0.15) is 4.80 Å². The third kappa shape index (κ3) is 4.76. The van der Waals surface area contributed by atoms with Crippen LogP contribution in [0.1, 0.15) is 18.2 Å². The fraction of sp³-hybridized carbons (Fsp3) is 0.0741. The standard InChI is InChI=1S/C27H21N5O4/c1-2-18-7-10-20(11-8-18)31-29-23-14-9-19(17-24(23)30-31)28-27(33)16-13-21-12-15-26(36-21)22-5-3-4-6-25(22)32(34)35/h3-17H,2H2,1H3,(H,28,33)/b16-13+. The Morgan fingerprint density at radius 3 is 2.58 bits per heavy atom. The number of fused-ring (bicyclic) bond motifs is 1. The summed E-state index contributed by atoms with van der Waals surface area (Å²) < 4.78 is 5.69. The molecular formula is C27H21N5O4. The van der Waals surface area contributed by atoms with Crippen LogP contribution in [0.25, 0.3) is 34.1 Å². The summed E-state index contributed by atoms with van der Waals surface area (Å²) in [4.78, 5) is 24.8. The third-order valence-electron chi connectivity index (χ3n) is 5.62. The van der Waals surface area contributed by atoms with Gasteiger partial charge in [-0.25, -0.2) is 0 Å². The first-order valence-electron chi connectivity index (χ1n) is 11.3. The molecule has 1 amide bonds. The fourth-order valence-electron chi connectivity index (χ4n) is 3.74. The second-order valence-electron chi connectivity index (χ2n) is 8.01. The number of hydrogen-bond donors (Lipinski definition) is 1. The van der Waals surface area contributed by atoms with Gasteiger partial charge in [0, 0.05) is 17.8 Å². The number of benzene rings is 3. The molecule has 3 aromatic carbocycles. The lowest BCUT2D eigenvalue weighted by Crippen LogP contribution is -2.07. The summed E-state index contributed by atoms with van der Waals surface area (Å²) in [5.41, 5.74) is 4.35. The molecule has 0 unspecified atom stereocenters. The van der Waals surface area contributed by atoms with Gasteiger partial charge in [0.1, 0.15) is 22.6 Å². The van der Waals surface area contributed by atoms with Gasteiger partial charge in [-0.1, -0.05) is 31.2 Å². The van der Waals surface area contributed by atoms with Crippen molar-refractivity contribution in [2.24, 2.45) is 0 Å². The lowest BCUT2D eigenvalue weighted by molar-refractivity contribution is -0.384. The van der Waals surface area contributed by atoms with Gasteiger partial charge in [0.05, 0.1) is 16.2 Å². The molecule has 0 radical (unpaired) electrons. The molecule has 0 aliphatic heterocycles. The Morgan fingerprint density at radius 2 is 1.81 bits per heavy atom. The summed E-state index contributed by atoms with van der Waals surface area (Å²) >= 11 is 0. The summed E-state index contributed by atoms with van der Waals surface area (Å²) in [5.74, 6) is 0.381. The molecule has 0 fully saturated rings. The Hall–Kier alpha value is -5.05. The van der Waals surface area contributed by atoms with Crippen LogP contribution in [-0.2, 0) is 11.2 Å². The molecule has 0 spiro atoms. The molecule has 2 aromatic heterocycles. The number of nitrogens with one attached hydrogen (secondary N) is 1. The number of amides is 1. The van der Waals surface area contributed by atoms with Gasteiger partial charge in [-0.3, -0.25) is 14.9 Å². The number of nitro benzene ring substituents is 1. The SMILES string of the molecule is CCc1ccc(-n2nc3ccc(NC(=O)/C=C/c4ccc(-c5ccccc5[N+](=O)[O-])o4)cc3n2)cc1. The first kappa shape index (κ1) is 22.7. The number of nitro groups is 1. The van der Waals surface area contributed by atoms with E-state index in [9.17, 15) is 14.9 Å². The molecule has 1 N–H and O–H groups in total. The molecule has 0 atom stereocenters. The van der Waals surface area contributed by atoms with E-state index in [4.69, 9.17) is 4.42 Å². The van der Waals surface area contributed by atoms with Gasteiger partial charge in [0.2, 0.25) is 5.91 Å². The van der Waals surface area contributed by atoms with E-state index in [1.807, 2.05) is 24.3 Å². The van der Waals surface area contributed by atoms with Gasteiger partial charge < -0.3 is 9.73 Å². The summed E-state index contributed by atoms with van der Waals surface area (Å²) in [6.45, 7) is 2.10. The van der Waals surface area contributed by atoms with Crippen LogP contribution in [0.15, 0.2) is 89.4 Å². The largest absolute Gasteiger partial charge is 0.456 e. The van der Waals surface area contributed by atoms with Crippen LogP contribution in [0, 0.1) is 10.1 Å². The number of para-hydroxylation sites is 1. The van der Waals surface area contributed by atoms with Gasteiger partial charge in [-0.15, -0.1) is 10.2 Å².